The molecule has 0 aromatic rings. The zero-order valence-corrected chi connectivity index (χ0v) is 10.4. The first-order valence-electron chi connectivity index (χ1n) is 6.53. The van der Waals surface area contributed by atoms with Crippen LogP contribution in [-0.4, -0.2) is 25.2 Å². The van der Waals surface area contributed by atoms with Crippen LogP contribution in [0, 0.1) is 11.3 Å². The van der Waals surface area contributed by atoms with Gasteiger partial charge in [-0.25, -0.2) is 0 Å². The molecule has 2 fully saturated rings. The molecule has 0 unspecified atom stereocenters. The van der Waals surface area contributed by atoms with Crippen molar-refractivity contribution < 1.29 is 9.53 Å². The molecule has 1 saturated carbocycles. The lowest BCUT2D eigenvalue weighted by Crippen LogP contribution is -2.33. The summed E-state index contributed by atoms with van der Waals surface area (Å²) in [6, 6.07) is 0. The van der Waals surface area contributed by atoms with Crippen molar-refractivity contribution in [3.63, 3.8) is 0 Å². The Balaban J connectivity index is 1.82. The first kappa shape index (κ1) is 11.9. The highest BCUT2D eigenvalue weighted by atomic mass is 16.5. The monoisotopic (exact) mass is 225 g/mol. The Hall–Kier alpha value is -0.570. The molecule has 2 aliphatic rings. The lowest BCUT2D eigenvalue weighted by atomic mass is 9.70. The highest BCUT2D eigenvalue weighted by Gasteiger charge is 2.39. The van der Waals surface area contributed by atoms with Crippen molar-refractivity contribution in [2.24, 2.45) is 11.3 Å². The minimum atomic E-state index is 0.0239. The Morgan fingerprint density at radius 3 is 2.50 bits per heavy atom. The SMILES string of the molecule is CC(C)OC(=O)C1CCC2(CCNC2)CC1. The first-order valence-corrected chi connectivity index (χ1v) is 6.53. The average molecular weight is 225 g/mol. The van der Waals surface area contributed by atoms with Crippen LogP contribution in [0.15, 0.2) is 0 Å². The van der Waals surface area contributed by atoms with Gasteiger partial charge in [-0.1, -0.05) is 0 Å². The third kappa shape index (κ3) is 2.57. The van der Waals surface area contributed by atoms with Crippen molar-refractivity contribution in [3.8, 4) is 0 Å². The number of hydrogen-bond donors (Lipinski definition) is 1. The summed E-state index contributed by atoms with van der Waals surface area (Å²) < 4.78 is 5.29. The minimum Gasteiger partial charge on any atom is -0.463 e. The molecule has 3 heteroatoms. The van der Waals surface area contributed by atoms with Crippen LogP contribution >= 0.6 is 0 Å². The maximum Gasteiger partial charge on any atom is 0.309 e. The Bertz CT molecular complexity index is 247. The standard InChI is InChI=1S/C13H23NO2/c1-10(2)16-12(15)11-3-5-13(6-4-11)7-8-14-9-13/h10-11,14H,3-9H2,1-2H3. The summed E-state index contributed by atoms with van der Waals surface area (Å²) in [7, 11) is 0. The van der Waals surface area contributed by atoms with Gasteiger partial charge in [-0.05, 0) is 57.9 Å². The zero-order chi connectivity index (χ0) is 11.6. The summed E-state index contributed by atoms with van der Waals surface area (Å²) in [6.07, 6.45) is 5.74. The molecule has 16 heavy (non-hydrogen) atoms. The zero-order valence-electron chi connectivity index (χ0n) is 10.4. The van der Waals surface area contributed by atoms with Crippen molar-refractivity contribution in [1.29, 1.82) is 0 Å². The molecule has 0 aromatic carbocycles. The van der Waals surface area contributed by atoms with E-state index in [0.717, 1.165) is 25.9 Å². The number of ether oxygens (including phenoxy) is 1. The fraction of sp³-hybridized carbons (Fsp3) is 0.923. The summed E-state index contributed by atoms with van der Waals surface area (Å²) in [5.74, 6) is 0.185. The van der Waals surface area contributed by atoms with E-state index in [0.29, 0.717) is 5.41 Å². The van der Waals surface area contributed by atoms with E-state index in [2.05, 4.69) is 5.32 Å². The van der Waals surface area contributed by atoms with Crippen molar-refractivity contribution in [2.45, 2.75) is 52.1 Å². The molecule has 3 nitrogen and oxygen atoms in total. The van der Waals surface area contributed by atoms with Gasteiger partial charge in [0.1, 0.15) is 0 Å². The normalized spacial score (nSPS) is 34.6. The van der Waals surface area contributed by atoms with Crippen molar-refractivity contribution in [2.75, 3.05) is 13.1 Å². The molecular weight excluding hydrogens is 202 g/mol. The number of carbonyl (C=O) groups is 1. The van der Waals surface area contributed by atoms with Crippen LogP contribution in [0.5, 0.6) is 0 Å². The van der Waals surface area contributed by atoms with Gasteiger partial charge < -0.3 is 10.1 Å². The molecule has 0 bridgehead atoms. The van der Waals surface area contributed by atoms with Crippen molar-refractivity contribution in [1.82, 2.24) is 5.32 Å². The van der Waals surface area contributed by atoms with Gasteiger partial charge in [0.2, 0.25) is 0 Å². The highest BCUT2D eigenvalue weighted by molar-refractivity contribution is 5.72. The molecular formula is C13H23NO2. The van der Waals surface area contributed by atoms with E-state index < -0.39 is 0 Å². The van der Waals surface area contributed by atoms with E-state index in [1.807, 2.05) is 13.8 Å². The van der Waals surface area contributed by atoms with Gasteiger partial charge in [0.05, 0.1) is 12.0 Å². The van der Waals surface area contributed by atoms with Gasteiger partial charge in [0.25, 0.3) is 0 Å². The van der Waals surface area contributed by atoms with Crippen LogP contribution in [-0.2, 0) is 9.53 Å². The summed E-state index contributed by atoms with van der Waals surface area (Å²) in [5.41, 5.74) is 0.509. The maximum absolute atomic E-state index is 11.8. The maximum atomic E-state index is 11.8. The smallest absolute Gasteiger partial charge is 0.309 e. The van der Waals surface area contributed by atoms with Crippen LogP contribution in [0.3, 0.4) is 0 Å². The van der Waals surface area contributed by atoms with Gasteiger partial charge in [0.15, 0.2) is 0 Å². The van der Waals surface area contributed by atoms with Gasteiger partial charge in [-0.2, -0.15) is 0 Å². The van der Waals surface area contributed by atoms with E-state index in [-0.39, 0.29) is 18.0 Å². The second-order valence-corrected chi connectivity index (χ2v) is 5.69. The molecule has 0 radical (unpaired) electrons. The average Bonchev–Trinajstić information content (AvgIpc) is 2.66. The minimum absolute atomic E-state index is 0.0239. The number of nitrogens with one attached hydrogen (secondary N) is 1. The molecule has 2 rings (SSSR count). The molecule has 1 heterocycles. The molecule has 1 saturated heterocycles. The molecule has 0 amide bonds. The van der Waals surface area contributed by atoms with E-state index >= 15 is 0 Å². The summed E-state index contributed by atoms with van der Waals surface area (Å²) in [4.78, 5) is 11.8. The van der Waals surface area contributed by atoms with Gasteiger partial charge >= 0.3 is 5.97 Å². The van der Waals surface area contributed by atoms with Crippen molar-refractivity contribution >= 4 is 5.97 Å². The molecule has 0 atom stereocenters. The van der Waals surface area contributed by atoms with Crippen LogP contribution in [0.25, 0.3) is 0 Å². The van der Waals surface area contributed by atoms with E-state index in [9.17, 15) is 4.79 Å². The predicted octanol–water partition coefficient (Wildman–Crippen LogP) is 2.11. The molecule has 1 spiro atoms. The van der Waals surface area contributed by atoms with Crippen LogP contribution in [0.2, 0.25) is 0 Å². The summed E-state index contributed by atoms with van der Waals surface area (Å²) in [6.45, 7) is 6.15. The van der Waals surface area contributed by atoms with Crippen LogP contribution in [0.1, 0.15) is 46.0 Å². The lowest BCUT2D eigenvalue weighted by molar-refractivity contribution is -0.154. The molecule has 1 aliphatic carbocycles. The Morgan fingerprint density at radius 1 is 1.31 bits per heavy atom. The highest BCUT2D eigenvalue weighted by Crippen LogP contribution is 2.43. The Kier molecular flexibility index (Phi) is 3.53. The molecule has 92 valence electrons. The van der Waals surface area contributed by atoms with E-state index in [4.69, 9.17) is 4.74 Å². The fourth-order valence-electron chi connectivity index (χ4n) is 3.02. The third-order valence-corrected chi connectivity index (χ3v) is 4.06. The quantitative estimate of drug-likeness (QED) is 0.731. The summed E-state index contributed by atoms with van der Waals surface area (Å²) in [5, 5.41) is 3.44. The second kappa shape index (κ2) is 4.74. The first-order chi connectivity index (χ1) is 7.61. The van der Waals surface area contributed by atoms with Gasteiger partial charge in [0, 0.05) is 6.54 Å². The van der Waals surface area contributed by atoms with Crippen LogP contribution in [0.4, 0.5) is 0 Å². The predicted molar refractivity (Wildman–Crippen MR) is 63.1 cm³/mol. The topological polar surface area (TPSA) is 38.3 Å². The molecule has 0 aromatic heterocycles. The van der Waals surface area contributed by atoms with Gasteiger partial charge in [-0.15, -0.1) is 0 Å². The number of rotatable bonds is 2. The largest absolute Gasteiger partial charge is 0.463 e. The van der Waals surface area contributed by atoms with Crippen molar-refractivity contribution in [3.05, 3.63) is 0 Å². The number of hydrogen-bond acceptors (Lipinski definition) is 3. The number of carbonyl (C=O) groups excluding carboxylic acids is 1. The summed E-state index contributed by atoms with van der Waals surface area (Å²) >= 11 is 0. The molecule has 1 aliphatic heterocycles. The Morgan fingerprint density at radius 2 is 2.00 bits per heavy atom. The third-order valence-electron chi connectivity index (χ3n) is 4.06. The van der Waals surface area contributed by atoms with Gasteiger partial charge in [-0.3, -0.25) is 4.79 Å². The lowest BCUT2D eigenvalue weighted by Gasteiger charge is -2.35. The van der Waals surface area contributed by atoms with E-state index in [1.54, 1.807) is 0 Å². The number of esters is 1. The van der Waals surface area contributed by atoms with E-state index in [1.165, 1.54) is 19.3 Å². The fourth-order valence-corrected chi connectivity index (χ4v) is 3.02. The molecule has 1 N–H and O–H groups in total. The second-order valence-electron chi connectivity index (χ2n) is 5.69. The Labute approximate surface area is 97.9 Å². The van der Waals surface area contributed by atoms with Crippen LogP contribution < -0.4 is 5.32 Å².